The van der Waals surface area contributed by atoms with Crippen molar-refractivity contribution in [1.82, 2.24) is 9.97 Å². The van der Waals surface area contributed by atoms with Gasteiger partial charge in [-0.05, 0) is 72.6 Å². The highest BCUT2D eigenvalue weighted by Crippen LogP contribution is 2.29. The van der Waals surface area contributed by atoms with Crippen LogP contribution >= 0.6 is 23.1 Å². The molecule has 4 rings (SSSR count). The Bertz CT molecular complexity index is 1210. The van der Waals surface area contributed by atoms with E-state index in [1.165, 1.54) is 11.8 Å². The van der Waals surface area contributed by atoms with Gasteiger partial charge in [-0.15, -0.1) is 11.3 Å². The Morgan fingerprint density at radius 2 is 1.72 bits per heavy atom. The number of hydrogen-bond donors (Lipinski definition) is 1. The summed E-state index contributed by atoms with van der Waals surface area (Å²) in [5, 5.41) is 2.66. The molecule has 0 spiro atoms. The first-order chi connectivity index (χ1) is 14.0. The van der Waals surface area contributed by atoms with Gasteiger partial charge in [0.1, 0.15) is 0 Å². The Balaban J connectivity index is 1.47. The Hall–Kier alpha value is -2.68. The fourth-order valence-electron chi connectivity index (χ4n) is 2.58. The molecule has 0 bridgehead atoms. The molecule has 0 saturated heterocycles. The molecule has 0 radical (unpaired) electrons. The number of benzene rings is 2. The maximum Gasteiger partial charge on any atom is 0.261 e. The molecule has 0 amide bonds. The number of aromatic nitrogens is 2. The first-order valence-electron chi connectivity index (χ1n) is 8.74. The summed E-state index contributed by atoms with van der Waals surface area (Å²) in [5.74, 6) is 0. The molecule has 0 aliphatic heterocycles. The van der Waals surface area contributed by atoms with E-state index in [0.29, 0.717) is 10.8 Å². The molecule has 0 aliphatic carbocycles. The third kappa shape index (κ3) is 4.84. The second-order valence-electron chi connectivity index (χ2n) is 6.25. The molecule has 29 heavy (non-hydrogen) atoms. The minimum atomic E-state index is -3.61. The van der Waals surface area contributed by atoms with Gasteiger partial charge >= 0.3 is 0 Å². The van der Waals surface area contributed by atoms with Crippen LogP contribution in [0.25, 0.3) is 10.6 Å². The molecule has 2 aromatic heterocycles. The third-order valence-electron chi connectivity index (χ3n) is 4.05. The van der Waals surface area contributed by atoms with Crippen LogP contribution in [0.3, 0.4) is 0 Å². The van der Waals surface area contributed by atoms with Crippen LogP contribution in [-0.4, -0.2) is 18.4 Å². The molecular weight excluding hydrogens is 422 g/mol. The summed E-state index contributed by atoms with van der Waals surface area (Å²) in [6.45, 7) is 1.92. The van der Waals surface area contributed by atoms with E-state index < -0.39 is 10.0 Å². The van der Waals surface area contributed by atoms with Crippen LogP contribution in [-0.2, 0) is 10.0 Å². The zero-order valence-electron chi connectivity index (χ0n) is 15.4. The van der Waals surface area contributed by atoms with Crippen LogP contribution in [0.5, 0.6) is 0 Å². The van der Waals surface area contributed by atoms with Gasteiger partial charge in [-0.1, -0.05) is 23.8 Å². The number of rotatable bonds is 6. The van der Waals surface area contributed by atoms with Gasteiger partial charge in [0.05, 0.1) is 15.5 Å². The number of hydrogen-bond acceptors (Lipinski definition) is 6. The van der Waals surface area contributed by atoms with Crippen molar-refractivity contribution < 1.29 is 8.42 Å². The van der Waals surface area contributed by atoms with E-state index in [1.807, 2.05) is 42.6 Å². The number of nitrogens with one attached hydrogen (secondary N) is 1. The average Bonchev–Trinajstić information content (AvgIpc) is 3.25. The molecule has 8 heteroatoms. The third-order valence-corrected chi connectivity index (χ3v) is 7.23. The van der Waals surface area contributed by atoms with Crippen LogP contribution in [0.4, 0.5) is 5.69 Å². The first kappa shape index (κ1) is 19.6. The summed E-state index contributed by atoms with van der Waals surface area (Å²) >= 11 is 3.06. The highest BCUT2D eigenvalue weighted by molar-refractivity contribution is 7.99. The standard InChI is InChI=1S/C21H17N3O2S3/c1-15-4-10-18(11-5-15)29(25,26)24-16-6-8-17(9-7-16)28-21-22-13-12-19(23-21)20-3-2-14-27-20/h2-14,24H,1H3. The van der Waals surface area contributed by atoms with Gasteiger partial charge in [-0.2, -0.15) is 0 Å². The van der Waals surface area contributed by atoms with Crippen molar-refractivity contribution in [2.45, 2.75) is 21.9 Å². The molecule has 1 N–H and O–H groups in total. The van der Waals surface area contributed by atoms with E-state index in [0.717, 1.165) is 21.0 Å². The Labute approximate surface area is 177 Å². The zero-order chi connectivity index (χ0) is 20.3. The quantitative estimate of drug-likeness (QED) is 0.404. The lowest BCUT2D eigenvalue weighted by molar-refractivity contribution is 0.601. The molecule has 2 heterocycles. The van der Waals surface area contributed by atoms with Gasteiger partial charge in [0.2, 0.25) is 0 Å². The molecule has 0 unspecified atom stereocenters. The normalized spacial score (nSPS) is 11.3. The molecule has 0 aliphatic rings. The van der Waals surface area contributed by atoms with E-state index in [9.17, 15) is 8.42 Å². The summed E-state index contributed by atoms with van der Waals surface area (Å²) in [6, 6.07) is 19.8. The number of thiophene rings is 1. The number of anilines is 1. The minimum Gasteiger partial charge on any atom is -0.280 e. The fraction of sp³-hybridized carbons (Fsp3) is 0.0476. The van der Waals surface area contributed by atoms with Crippen molar-refractivity contribution >= 4 is 38.8 Å². The first-order valence-corrected chi connectivity index (χ1v) is 11.9. The number of nitrogens with zero attached hydrogens (tertiary/aromatic N) is 2. The van der Waals surface area contributed by atoms with Crippen molar-refractivity contribution in [2.24, 2.45) is 0 Å². The van der Waals surface area contributed by atoms with E-state index in [-0.39, 0.29) is 4.90 Å². The lowest BCUT2D eigenvalue weighted by atomic mass is 10.2. The summed E-state index contributed by atoms with van der Waals surface area (Å²) in [6.07, 6.45) is 1.74. The topological polar surface area (TPSA) is 72.0 Å². The lowest BCUT2D eigenvalue weighted by Crippen LogP contribution is -2.12. The van der Waals surface area contributed by atoms with Gasteiger partial charge in [0.15, 0.2) is 5.16 Å². The second-order valence-corrected chi connectivity index (χ2v) is 9.92. The van der Waals surface area contributed by atoms with Crippen LogP contribution < -0.4 is 4.72 Å². The van der Waals surface area contributed by atoms with Crippen molar-refractivity contribution in [2.75, 3.05) is 4.72 Å². The molecule has 0 atom stereocenters. The average molecular weight is 440 g/mol. The molecule has 2 aromatic carbocycles. The largest absolute Gasteiger partial charge is 0.280 e. The van der Waals surface area contributed by atoms with E-state index in [4.69, 9.17) is 0 Å². The predicted molar refractivity (Wildman–Crippen MR) is 118 cm³/mol. The Kier molecular flexibility index (Phi) is 5.66. The lowest BCUT2D eigenvalue weighted by Gasteiger charge is -2.09. The van der Waals surface area contributed by atoms with Crippen molar-refractivity contribution in [3.8, 4) is 10.6 Å². The monoisotopic (exact) mass is 439 g/mol. The Morgan fingerprint density at radius 1 is 0.966 bits per heavy atom. The van der Waals surface area contributed by atoms with Gasteiger partial charge in [0, 0.05) is 16.8 Å². The highest BCUT2D eigenvalue weighted by atomic mass is 32.2. The maximum atomic E-state index is 12.5. The summed E-state index contributed by atoms with van der Waals surface area (Å²) in [4.78, 5) is 11.2. The molecular formula is C21H17N3O2S3. The van der Waals surface area contributed by atoms with Crippen LogP contribution in [0.1, 0.15) is 5.56 Å². The Morgan fingerprint density at radius 3 is 2.41 bits per heavy atom. The molecule has 146 valence electrons. The number of aryl methyl sites for hydroxylation is 1. The summed E-state index contributed by atoms with van der Waals surface area (Å²) in [7, 11) is -3.61. The van der Waals surface area contributed by atoms with E-state index >= 15 is 0 Å². The maximum absolute atomic E-state index is 12.5. The SMILES string of the molecule is Cc1ccc(S(=O)(=O)Nc2ccc(Sc3nccc(-c4cccs4)n3)cc2)cc1. The second kappa shape index (κ2) is 8.36. The van der Waals surface area contributed by atoms with Crippen LogP contribution in [0.2, 0.25) is 0 Å². The molecule has 0 fully saturated rings. The van der Waals surface area contributed by atoms with Gasteiger partial charge in [0.25, 0.3) is 10.0 Å². The summed E-state index contributed by atoms with van der Waals surface area (Å²) in [5.41, 5.74) is 2.40. The number of sulfonamides is 1. The van der Waals surface area contributed by atoms with Crippen molar-refractivity contribution in [3.63, 3.8) is 0 Å². The van der Waals surface area contributed by atoms with Gasteiger partial charge < -0.3 is 0 Å². The highest BCUT2D eigenvalue weighted by Gasteiger charge is 2.14. The zero-order valence-corrected chi connectivity index (χ0v) is 17.9. The van der Waals surface area contributed by atoms with Crippen molar-refractivity contribution in [1.29, 1.82) is 0 Å². The van der Waals surface area contributed by atoms with E-state index in [1.54, 1.807) is 53.9 Å². The van der Waals surface area contributed by atoms with E-state index in [2.05, 4.69) is 14.7 Å². The predicted octanol–water partition coefficient (Wildman–Crippen LogP) is 5.47. The smallest absolute Gasteiger partial charge is 0.261 e. The fourth-order valence-corrected chi connectivity index (χ4v) is 5.07. The molecule has 4 aromatic rings. The molecule has 0 saturated carbocycles. The van der Waals surface area contributed by atoms with Crippen LogP contribution in [0.15, 0.2) is 93.3 Å². The molecule has 5 nitrogen and oxygen atoms in total. The van der Waals surface area contributed by atoms with Crippen molar-refractivity contribution in [3.05, 3.63) is 83.9 Å². The minimum absolute atomic E-state index is 0.236. The van der Waals surface area contributed by atoms with Gasteiger partial charge in [-0.25, -0.2) is 18.4 Å². The van der Waals surface area contributed by atoms with Crippen LogP contribution in [0, 0.1) is 6.92 Å². The summed E-state index contributed by atoms with van der Waals surface area (Å²) < 4.78 is 27.6. The van der Waals surface area contributed by atoms with Gasteiger partial charge in [-0.3, -0.25) is 4.72 Å².